The molecule has 0 radical (unpaired) electrons. The lowest BCUT2D eigenvalue weighted by molar-refractivity contribution is 0.0695. The van der Waals surface area contributed by atoms with E-state index in [4.69, 9.17) is 14.3 Å². The van der Waals surface area contributed by atoms with Crippen molar-refractivity contribution >= 4 is 12.0 Å². The number of furan rings is 1. The lowest BCUT2D eigenvalue weighted by Gasteiger charge is -2.07. The zero-order valence-electron chi connectivity index (χ0n) is 12.2. The summed E-state index contributed by atoms with van der Waals surface area (Å²) in [5.41, 5.74) is 1.02. The molecule has 0 bridgehead atoms. The van der Waals surface area contributed by atoms with Crippen LogP contribution in [0, 0.1) is 6.92 Å². The summed E-state index contributed by atoms with van der Waals surface area (Å²) in [5.74, 6) is -0.354. The number of aromatic carboxylic acids is 1. The molecule has 1 aromatic rings. The highest BCUT2D eigenvalue weighted by Crippen LogP contribution is 2.14. The van der Waals surface area contributed by atoms with Gasteiger partial charge in [-0.1, -0.05) is 12.2 Å². The molecule has 0 atom stereocenters. The standard InChI is InChI=1S/C14H20N2O5/c1-9(2)8-20-5-4-15-14(19)16-7-11-6-12(13(17)18)10(3)21-11/h6H,1,4-5,7-8H2,2-3H3,(H,17,18)(H2,15,16,19). The first kappa shape index (κ1) is 16.8. The van der Waals surface area contributed by atoms with E-state index in [1.807, 2.05) is 6.92 Å². The van der Waals surface area contributed by atoms with Gasteiger partial charge in [-0.3, -0.25) is 0 Å². The Morgan fingerprint density at radius 1 is 1.43 bits per heavy atom. The molecule has 0 fully saturated rings. The second-order valence-electron chi connectivity index (χ2n) is 4.61. The van der Waals surface area contributed by atoms with E-state index in [-0.39, 0.29) is 18.1 Å². The zero-order valence-corrected chi connectivity index (χ0v) is 12.2. The molecule has 7 heteroatoms. The zero-order chi connectivity index (χ0) is 15.8. The molecule has 1 aromatic heterocycles. The number of hydrogen-bond acceptors (Lipinski definition) is 4. The van der Waals surface area contributed by atoms with Crippen LogP contribution in [0.3, 0.4) is 0 Å². The monoisotopic (exact) mass is 296 g/mol. The molecule has 1 heterocycles. The van der Waals surface area contributed by atoms with Crippen molar-refractivity contribution in [1.29, 1.82) is 0 Å². The highest BCUT2D eigenvalue weighted by molar-refractivity contribution is 5.88. The fourth-order valence-electron chi connectivity index (χ4n) is 1.56. The Kier molecular flexibility index (Phi) is 6.48. The lowest BCUT2D eigenvalue weighted by atomic mass is 10.2. The summed E-state index contributed by atoms with van der Waals surface area (Å²) >= 11 is 0. The molecule has 2 amide bonds. The molecule has 7 nitrogen and oxygen atoms in total. The SMILES string of the molecule is C=C(C)COCCNC(=O)NCc1cc(C(=O)O)c(C)o1. The predicted octanol–water partition coefficient (Wildman–Crippen LogP) is 1.68. The van der Waals surface area contributed by atoms with E-state index in [1.54, 1.807) is 6.92 Å². The molecule has 0 saturated heterocycles. The van der Waals surface area contributed by atoms with Gasteiger partial charge in [0.05, 0.1) is 19.8 Å². The third-order valence-corrected chi connectivity index (χ3v) is 2.50. The second kappa shape index (κ2) is 8.11. The molecule has 0 aliphatic heterocycles. The van der Waals surface area contributed by atoms with Gasteiger partial charge in [0.2, 0.25) is 0 Å². The van der Waals surface area contributed by atoms with Crippen LogP contribution < -0.4 is 10.6 Å². The molecule has 3 N–H and O–H groups in total. The van der Waals surface area contributed by atoms with Crippen LogP contribution in [0.15, 0.2) is 22.6 Å². The topological polar surface area (TPSA) is 101 Å². The molecule has 21 heavy (non-hydrogen) atoms. The normalized spacial score (nSPS) is 10.2. The number of carbonyl (C=O) groups excluding carboxylic acids is 1. The number of carboxylic acid groups (broad SMARTS) is 1. The quantitative estimate of drug-likeness (QED) is 0.500. The molecular weight excluding hydrogens is 276 g/mol. The van der Waals surface area contributed by atoms with Crippen LogP contribution in [0.2, 0.25) is 0 Å². The van der Waals surface area contributed by atoms with E-state index in [0.717, 1.165) is 5.57 Å². The summed E-state index contributed by atoms with van der Waals surface area (Å²) < 4.78 is 10.5. The third-order valence-electron chi connectivity index (χ3n) is 2.50. The number of amides is 2. The van der Waals surface area contributed by atoms with Crippen molar-refractivity contribution in [3.8, 4) is 0 Å². The number of ether oxygens (including phenoxy) is 1. The number of rotatable bonds is 8. The molecule has 0 aliphatic rings. The average molecular weight is 296 g/mol. The summed E-state index contributed by atoms with van der Waals surface area (Å²) in [7, 11) is 0. The summed E-state index contributed by atoms with van der Waals surface area (Å²) in [4.78, 5) is 22.3. The maximum absolute atomic E-state index is 11.5. The molecule has 0 aromatic carbocycles. The molecule has 116 valence electrons. The minimum absolute atomic E-state index is 0.0976. The van der Waals surface area contributed by atoms with Crippen LogP contribution in [0.5, 0.6) is 0 Å². The summed E-state index contributed by atoms with van der Waals surface area (Å²) in [5, 5.41) is 14.1. The van der Waals surface area contributed by atoms with Gasteiger partial charge in [-0.15, -0.1) is 0 Å². The van der Waals surface area contributed by atoms with Gasteiger partial charge in [0.25, 0.3) is 0 Å². The highest BCUT2D eigenvalue weighted by atomic mass is 16.5. The molecule has 0 saturated carbocycles. The van der Waals surface area contributed by atoms with Gasteiger partial charge in [0, 0.05) is 6.54 Å². The maximum Gasteiger partial charge on any atom is 0.339 e. The van der Waals surface area contributed by atoms with Gasteiger partial charge >= 0.3 is 12.0 Å². The van der Waals surface area contributed by atoms with Gasteiger partial charge in [0.1, 0.15) is 17.1 Å². The maximum atomic E-state index is 11.5. The molecule has 1 rings (SSSR count). The van der Waals surface area contributed by atoms with Crippen molar-refractivity contribution in [3.05, 3.63) is 35.3 Å². The Hall–Kier alpha value is -2.28. The first-order valence-corrected chi connectivity index (χ1v) is 6.46. The van der Waals surface area contributed by atoms with Crippen molar-refractivity contribution in [2.45, 2.75) is 20.4 Å². The number of aryl methyl sites for hydroxylation is 1. The van der Waals surface area contributed by atoms with Crippen molar-refractivity contribution in [1.82, 2.24) is 10.6 Å². The average Bonchev–Trinajstić information content (AvgIpc) is 2.77. The molecule has 0 unspecified atom stereocenters. The Balaban J connectivity index is 2.25. The van der Waals surface area contributed by atoms with Gasteiger partial charge in [-0.2, -0.15) is 0 Å². The highest BCUT2D eigenvalue weighted by Gasteiger charge is 2.13. The fourth-order valence-corrected chi connectivity index (χ4v) is 1.56. The number of carbonyl (C=O) groups is 2. The van der Waals surface area contributed by atoms with Crippen LogP contribution >= 0.6 is 0 Å². The Bertz CT molecular complexity index is 521. The molecule has 0 aliphatic carbocycles. The number of nitrogens with one attached hydrogen (secondary N) is 2. The number of hydrogen-bond donors (Lipinski definition) is 3. The van der Waals surface area contributed by atoms with E-state index < -0.39 is 5.97 Å². The van der Waals surface area contributed by atoms with Crippen LogP contribution in [-0.4, -0.2) is 36.9 Å². The predicted molar refractivity (Wildman–Crippen MR) is 76.3 cm³/mol. The van der Waals surface area contributed by atoms with Crippen LogP contribution in [-0.2, 0) is 11.3 Å². The summed E-state index contributed by atoms with van der Waals surface area (Å²) in [6.45, 7) is 8.46. The Labute approximate surface area is 123 Å². The van der Waals surface area contributed by atoms with Gasteiger partial charge in [-0.05, 0) is 19.9 Å². The number of urea groups is 1. The first-order chi connectivity index (χ1) is 9.90. The van der Waals surface area contributed by atoms with Crippen LogP contribution in [0.4, 0.5) is 4.79 Å². The van der Waals surface area contributed by atoms with Crippen molar-refractivity contribution in [3.63, 3.8) is 0 Å². The second-order valence-corrected chi connectivity index (χ2v) is 4.61. The van der Waals surface area contributed by atoms with Crippen LogP contribution in [0.1, 0.15) is 28.8 Å². The van der Waals surface area contributed by atoms with E-state index in [0.29, 0.717) is 31.3 Å². The van der Waals surface area contributed by atoms with Crippen molar-refractivity contribution in [2.24, 2.45) is 0 Å². The third kappa shape index (κ3) is 6.13. The van der Waals surface area contributed by atoms with E-state index in [2.05, 4.69) is 17.2 Å². The number of carboxylic acids is 1. The summed E-state index contributed by atoms with van der Waals surface area (Å²) in [6, 6.07) is 1.02. The van der Waals surface area contributed by atoms with E-state index in [9.17, 15) is 9.59 Å². The Morgan fingerprint density at radius 3 is 2.71 bits per heavy atom. The minimum atomic E-state index is -1.05. The molecular formula is C14H20N2O5. The van der Waals surface area contributed by atoms with E-state index in [1.165, 1.54) is 6.07 Å². The molecule has 0 spiro atoms. The fraction of sp³-hybridized carbons (Fsp3) is 0.429. The first-order valence-electron chi connectivity index (χ1n) is 6.46. The van der Waals surface area contributed by atoms with Crippen molar-refractivity contribution < 1.29 is 23.8 Å². The van der Waals surface area contributed by atoms with Gasteiger partial charge < -0.3 is 24.9 Å². The van der Waals surface area contributed by atoms with Gasteiger partial charge in [-0.25, -0.2) is 9.59 Å². The van der Waals surface area contributed by atoms with Gasteiger partial charge in [0.15, 0.2) is 0 Å². The largest absolute Gasteiger partial charge is 0.478 e. The van der Waals surface area contributed by atoms with Crippen molar-refractivity contribution in [2.75, 3.05) is 19.8 Å². The van der Waals surface area contributed by atoms with E-state index >= 15 is 0 Å². The lowest BCUT2D eigenvalue weighted by Crippen LogP contribution is -2.36. The summed E-state index contributed by atoms with van der Waals surface area (Å²) in [6.07, 6.45) is 0. The Morgan fingerprint density at radius 2 is 2.14 bits per heavy atom. The minimum Gasteiger partial charge on any atom is -0.478 e. The van der Waals surface area contributed by atoms with Crippen LogP contribution in [0.25, 0.3) is 0 Å². The smallest absolute Gasteiger partial charge is 0.339 e.